The molecule has 1 fully saturated rings. The van der Waals surface area contributed by atoms with Crippen molar-refractivity contribution in [1.82, 2.24) is 24.8 Å². The maximum atomic E-state index is 12.2. The van der Waals surface area contributed by atoms with Crippen LogP contribution in [-0.2, 0) is 7.05 Å². The van der Waals surface area contributed by atoms with Crippen LogP contribution < -0.4 is 20.7 Å². The third kappa shape index (κ3) is 5.88. The Bertz CT molecular complexity index is 1030. The van der Waals surface area contributed by atoms with Crippen LogP contribution >= 0.6 is 0 Å². The minimum Gasteiger partial charge on any atom is -0.378 e. The van der Waals surface area contributed by atoms with Gasteiger partial charge in [-0.05, 0) is 32.0 Å². The van der Waals surface area contributed by atoms with Crippen LogP contribution in [0.3, 0.4) is 0 Å². The predicted octanol–water partition coefficient (Wildman–Crippen LogP) is 2.10. The van der Waals surface area contributed by atoms with Crippen molar-refractivity contribution in [2.75, 3.05) is 43.5 Å². The summed E-state index contributed by atoms with van der Waals surface area (Å²) in [6.07, 6.45) is 3.11. The normalized spacial score (nSPS) is 15.8. The SMILES string of the molecule is CC1CN(c2nc(-c3ccncn3)cc(=O)n2C)CCN1.Cc1ccc(N(C)C)cc1. The third-order valence-electron chi connectivity index (χ3n) is 5.16. The van der Waals surface area contributed by atoms with E-state index in [1.165, 1.54) is 23.6 Å². The molecule has 31 heavy (non-hydrogen) atoms. The zero-order chi connectivity index (χ0) is 22.4. The van der Waals surface area contributed by atoms with Crippen LogP contribution in [0.1, 0.15) is 12.5 Å². The molecule has 0 amide bonds. The van der Waals surface area contributed by atoms with Crippen molar-refractivity contribution in [2.24, 2.45) is 7.05 Å². The van der Waals surface area contributed by atoms with Crippen molar-refractivity contribution in [3.63, 3.8) is 0 Å². The second-order valence-electron chi connectivity index (χ2n) is 7.96. The minimum absolute atomic E-state index is 0.0835. The van der Waals surface area contributed by atoms with E-state index in [1.54, 1.807) is 23.9 Å². The van der Waals surface area contributed by atoms with Gasteiger partial charge in [0.05, 0.1) is 11.4 Å². The Labute approximate surface area is 183 Å². The molecule has 0 radical (unpaired) electrons. The predicted molar refractivity (Wildman–Crippen MR) is 126 cm³/mol. The molecular weight excluding hydrogens is 390 g/mol. The van der Waals surface area contributed by atoms with Gasteiger partial charge in [0.1, 0.15) is 6.33 Å². The topological polar surface area (TPSA) is 79.2 Å². The van der Waals surface area contributed by atoms with Gasteiger partial charge < -0.3 is 15.1 Å². The zero-order valence-electron chi connectivity index (χ0n) is 18.9. The molecule has 1 aliphatic heterocycles. The molecule has 8 heteroatoms. The smallest absolute Gasteiger partial charge is 0.255 e. The first-order valence-electron chi connectivity index (χ1n) is 10.4. The largest absolute Gasteiger partial charge is 0.378 e. The van der Waals surface area contributed by atoms with Crippen LogP contribution in [0.25, 0.3) is 11.4 Å². The van der Waals surface area contributed by atoms with Gasteiger partial charge in [-0.1, -0.05) is 17.7 Å². The molecule has 1 N–H and O–H groups in total. The van der Waals surface area contributed by atoms with Crippen molar-refractivity contribution >= 4 is 11.6 Å². The molecular formula is C23H31N7O. The van der Waals surface area contributed by atoms with Crippen LogP contribution in [-0.4, -0.2) is 59.3 Å². The summed E-state index contributed by atoms with van der Waals surface area (Å²) in [5, 5.41) is 3.38. The van der Waals surface area contributed by atoms with Crippen LogP contribution in [0, 0.1) is 6.92 Å². The molecule has 4 rings (SSSR count). The van der Waals surface area contributed by atoms with Crippen molar-refractivity contribution in [3.05, 3.63) is 64.8 Å². The highest BCUT2D eigenvalue weighted by molar-refractivity contribution is 5.55. The van der Waals surface area contributed by atoms with E-state index in [2.05, 4.69) is 68.2 Å². The number of piperazine rings is 1. The Morgan fingerprint density at radius 3 is 2.48 bits per heavy atom. The second-order valence-corrected chi connectivity index (χ2v) is 7.96. The molecule has 1 unspecified atom stereocenters. The van der Waals surface area contributed by atoms with E-state index >= 15 is 0 Å². The summed E-state index contributed by atoms with van der Waals surface area (Å²) < 4.78 is 1.59. The molecule has 0 saturated carbocycles. The first kappa shape index (κ1) is 22.4. The lowest BCUT2D eigenvalue weighted by molar-refractivity contribution is 0.474. The molecule has 3 heterocycles. The second kappa shape index (κ2) is 10.2. The highest BCUT2D eigenvalue weighted by Crippen LogP contribution is 2.17. The molecule has 1 aliphatic rings. The number of hydrogen-bond acceptors (Lipinski definition) is 7. The van der Waals surface area contributed by atoms with Gasteiger partial charge in [-0.25, -0.2) is 15.0 Å². The number of aromatic nitrogens is 4. The lowest BCUT2D eigenvalue weighted by Crippen LogP contribution is -2.50. The van der Waals surface area contributed by atoms with Gasteiger partial charge in [-0.2, -0.15) is 0 Å². The number of benzene rings is 1. The van der Waals surface area contributed by atoms with Crippen LogP contribution in [0.5, 0.6) is 0 Å². The Kier molecular flexibility index (Phi) is 7.36. The van der Waals surface area contributed by atoms with Gasteiger partial charge in [0.2, 0.25) is 5.95 Å². The quantitative estimate of drug-likeness (QED) is 0.694. The molecule has 2 aromatic heterocycles. The van der Waals surface area contributed by atoms with Gasteiger partial charge in [0, 0.05) is 64.8 Å². The fraction of sp³-hybridized carbons (Fsp3) is 0.391. The average molecular weight is 422 g/mol. The number of anilines is 2. The highest BCUT2D eigenvalue weighted by atomic mass is 16.1. The van der Waals surface area contributed by atoms with E-state index in [9.17, 15) is 4.79 Å². The van der Waals surface area contributed by atoms with Crippen molar-refractivity contribution in [3.8, 4) is 11.4 Å². The minimum atomic E-state index is -0.0835. The summed E-state index contributed by atoms with van der Waals surface area (Å²) in [6, 6.07) is 12.1. The molecule has 0 spiro atoms. The first-order valence-corrected chi connectivity index (χ1v) is 10.4. The van der Waals surface area contributed by atoms with Gasteiger partial charge in [0.15, 0.2) is 0 Å². The standard InChI is InChI=1S/C14H18N6O.C9H13N/c1-10-8-20(6-5-16-10)14-18-12(7-13(21)19(14)2)11-3-4-15-9-17-11;1-8-4-6-9(7-5-8)10(2)3/h3-4,7,9-10,16H,5-6,8H2,1-2H3;4-7H,1-3H3. The summed E-state index contributed by atoms with van der Waals surface area (Å²) in [5.41, 5.74) is 3.73. The summed E-state index contributed by atoms with van der Waals surface area (Å²) >= 11 is 0. The van der Waals surface area contributed by atoms with Gasteiger partial charge >= 0.3 is 0 Å². The maximum Gasteiger partial charge on any atom is 0.255 e. The summed E-state index contributed by atoms with van der Waals surface area (Å²) in [6.45, 7) is 6.76. The van der Waals surface area contributed by atoms with E-state index in [0.717, 1.165) is 19.6 Å². The van der Waals surface area contributed by atoms with Crippen molar-refractivity contribution in [2.45, 2.75) is 19.9 Å². The number of aryl methyl sites for hydroxylation is 1. The summed E-state index contributed by atoms with van der Waals surface area (Å²) in [4.78, 5) is 29.1. The Balaban J connectivity index is 0.000000229. The lowest BCUT2D eigenvalue weighted by atomic mass is 10.2. The van der Waals surface area contributed by atoms with Crippen molar-refractivity contribution < 1.29 is 0 Å². The Morgan fingerprint density at radius 1 is 1.13 bits per heavy atom. The van der Waals surface area contributed by atoms with Gasteiger partial charge in [-0.3, -0.25) is 9.36 Å². The molecule has 1 aromatic carbocycles. The van der Waals surface area contributed by atoms with E-state index in [0.29, 0.717) is 23.4 Å². The number of rotatable bonds is 3. The molecule has 8 nitrogen and oxygen atoms in total. The number of nitrogens with one attached hydrogen (secondary N) is 1. The number of nitrogens with zero attached hydrogens (tertiary/aromatic N) is 6. The molecule has 0 aliphatic carbocycles. The van der Waals surface area contributed by atoms with E-state index in [1.807, 2.05) is 14.1 Å². The fourth-order valence-corrected chi connectivity index (χ4v) is 3.34. The molecule has 164 valence electrons. The molecule has 1 atom stereocenters. The van der Waals surface area contributed by atoms with Gasteiger partial charge in [-0.15, -0.1) is 0 Å². The fourth-order valence-electron chi connectivity index (χ4n) is 3.34. The third-order valence-corrected chi connectivity index (χ3v) is 5.16. The molecule has 1 saturated heterocycles. The maximum absolute atomic E-state index is 12.2. The van der Waals surface area contributed by atoms with E-state index in [4.69, 9.17) is 0 Å². The van der Waals surface area contributed by atoms with Crippen LogP contribution in [0.4, 0.5) is 11.6 Å². The average Bonchev–Trinajstić information content (AvgIpc) is 2.77. The molecule has 0 bridgehead atoms. The lowest BCUT2D eigenvalue weighted by Gasteiger charge is -2.33. The van der Waals surface area contributed by atoms with E-state index < -0.39 is 0 Å². The highest BCUT2D eigenvalue weighted by Gasteiger charge is 2.20. The monoisotopic (exact) mass is 421 g/mol. The van der Waals surface area contributed by atoms with Crippen LogP contribution in [0.15, 0.2) is 53.7 Å². The summed E-state index contributed by atoms with van der Waals surface area (Å²) in [5.74, 6) is 0.685. The summed E-state index contributed by atoms with van der Waals surface area (Å²) in [7, 11) is 5.84. The van der Waals surface area contributed by atoms with Crippen molar-refractivity contribution in [1.29, 1.82) is 0 Å². The Morgan fingerprint density at radius 2 is 1.87 bits per heavy atom. The first-order chi connectivity index (χ1) is 14.8. The van der Waals surface area contributed by atoms with E-state index in [-0.39, 0.29) is 5.56 Å². The molecule has 3 aromatic rings. The van der Waals surface area contributed by atoms with Gasteiger partial charge in [0.25, 0.3) is 5.56 Å². The Hall–Kier alpha value is -3.26. The van der Waals surface area contributed by atoms with Crippen LogP contribution in [0.2, 0.25) is 0 Å². The zero-order valence-corrected chi connectivity index (χ0v) is 18.9. The number of hydrogen-bond donors (Lipinski definition) is 1.